The molecular formula is C20H34N3O3S+. The molecule has 1 aliphatic heterocycles. The fourth-order valence-electron chi connectivity index (χ4n) is 3.79. The number of amides is 1. The van der Waals surface area contributed by atoms with Gasteiger partial charge in [0.05, 0.1) is 31.1 Å². The lowest BCUT2D eigenvalue weighted by Gasteiger charge is -2.34. The summed E-state index contributed by atoms with van der Waals surface area (Å²) in [6.45, 7) is 13.1. The number of likely N-dealkylation sites (N-methyl/N-ethyl adjacent to an activating group) is 1. The van der Waals surface area contributed by atoms with E-state index < -0.39 is 10.0 Å². The van der Waals surface area contributed by atoms with Crippen molar-refractivity contribution in [2.45, 2.75) is 39.0 Å². The maximum Gasteiger partial charge on any atom is 0.251 e. The topological polar surface area (TPSA) is 70.9 Å². The fraction of sp³-hybridized carbons (Fsp3) is 0.650. The van der Waals surface area contributed by atoms with E-state index in [2.05, 4.69) is 33.0 Å². The Bertz CT molecular complexity index is 704. The number of hydrogen-bond acceptors (Lipinski definition) is 3. The molecule has 0 radical (unpaired) electrons. The second kappa shape index (κ2) is 9.66. The Morgan fingerprint density at radius 1 is 1.11 bits per heavy atom. The van der Waals surface area contributed by atoms with Gasteiger partial charge >= 0.3 is 0 Å². The van der Waals surface area contributed by atoms with Crippen molar-refractivity contribution in [1.29, 1.82) is 0 Å². The van der Waals surface area contributed by atoms with Gasteiger partial charge in [-0.05, 0) is 56.4 Å². The van der Waals surface area contributed by atoms with Crippen LogP contribution in [0.1, 0.15) is 44.5 Å². The number of piperidine rings is 1. The van der Waals surface area contributed by atoms with Crippen LogP contribution in [0, 0.1) is 11.8 Å². The van der Waals surface area contributed by atoms with E-state index in [1.165, 1.54) is 4.90 Å². The van der Waals surface area contributed by atoms with Crippen molar-refractivity contribution in [2.75, 3.05) is 39.3 Å². The van der Waals surface area contributed by atoms with Crippen molar-refractivity contribution in [3.63, 3.8) is 0 Å². The van der Waals surface area contributed by atoms with E-state index in [4.69, 9.17) is 0 Å². The molecule has 0 unspecified atom stereocenters. The van der Waals surface area contributed by atoms with Gasteiger partial charge in [-0.25, -0.2) is 8.42 Å². The van der Waals surface area contributed by atoms with E-state index in [-0.39, 0.29) is 10.8 Å². The molecule has 152 valence electrons. The lowest BCUT2D eigenvalue weighted by Crippen LogP contribution is -3.12. The molecule has 6 nitrogen and oxygen atoms in total. The van der Waals surface area contributed by atoms with Gasteiger partial charge in [0.25, 0.3) is 5.91 Å². The van der Waals surface area contributed by atoms with Crippen LogP contribution in [0.15, 0.2) is 29.2 Å². The molecule has 1 fully saturated rings. The minimum atomic E-state index is -3.51. The lowest BCUT2D eigenvalue weighted by molar-refractivity contribution is -0.895. The highest BCUT2D eigenvalue weighted by molar-refractivity contribution is 7.89. The lowest BCUT2D eigenvalue weighted by atomic mass is 9.94. The molecule has 27 heavy (non-hydrogen) atoms. The fourth-order valence-corrected chi connectivity index (χ4v) is 5.47. The first-order chi connectivity index (χ1) is 12.8. The Balaban J connectivity index is 2.00. The van der Waals surface area contributed by atoms with Gasteiger partial charge in [-0.15, -0.1) is 0 Å². The zero-order chi connectivity index (χ0) is 20.0. The summed E-state index contributed by atoms with van der Waals surface area (Å²) in [4.78, 5) is 14.0. The number of nitrogens with zero attached hydrogens (tertiary/aromatic N) is 1. The van der Waals surface area contributed by atoms with Crippen LogP contribution in [0.2, 0.25) is 0 Å². The zero-order valence-electron chi connectivity index (χ0n) is 17.0. The molecule has 1 aliphatic rings. The van der Waals surface area contributed by atoms with Crippen LogP contribution in [-0.2, 0) is 10.0 Å². The van der Waals surface area contributed by atoms with Crippen molar-refractivity contribution >= 4 is 15.9 Å². The summed E-state index contributed by atoms with van der Waals surface area (Å²) in [7, 11) is -3.51. The highest BCUT2D eigenvalue weighted by Crippen LogP contribution is 2.26. The number of quaternary nitrogens is 1. The molecule has 1 amide bonds. The molecule has 7 heteroatoms. The molecule has 2 N–H and O–H groups in total. The van der Waals surface area contributed by atoms with Crippen molar-refractivity contribution in [1.82, 2.24) is 9.62 Å². The third-order valence-corrected chi connectivity index (χ3v) is 7.20. The van der Waals surface area contributed by atoms with Crippen LogP contribution >= 0.6 is 0 Å². The van der Waals surface area contributed by atoms with E-state index in [0.717, 1.165) is 26.1 Å². The number of nitrogens with one attached hydrogen (secondary N) is 2. The summed E-state index contributed by atoms with van der Waals surface area (Å²) in [5.41, 5.74) is 0.490. The normalized spacial score (nSPS) is 21.4. The maximum atomic E-state index is 12.9. The largest absolute Gasteiger partial charge is 0.346 e. The van der Waals surface area contributed by atoms with Gasteiger partial charge in [0.15, 0.2) is 0 Å². The van der Waals surface area contributed by atoms with Gasteiger partial charge in [0.1, 0.15) is 0 Å². The predicted molar refractivity (Wildman–Crippen MR) is 107 cm³/mol. The zero-order valence-corrected chi connectivity index (χ0v) is 17.8. The van der Waals surface area contributed by atoms with Gasteiger partial charge in [-0.1, -0.05) is 13.8 Å². The van der Waals surface area contributed by atoms with E-state index in [0.29, 0.717) is 37.0 Å². The molecule has 2 atom stereocenters. The Morgan fingerprint density at radius 2 is 1.67 bits per heavy atom. The van der Waals surface area contributed by atoms with Gasteiger partial charge in [-0.3, -0.25) is 4.79 Å². The number of hydrogen-bond donors (Lipinski definition) is 2. The van der Waals surface area contributed by atoms with Crippen molar-refractivity contribution < 1.29 is 18.1 Å². The summed E-state index contributed by atoms with van der Waals surface area (Å²) in [5, 5.41) is 2.91. The molecule has 0 bridgehead atoms. The van der Waals surface area contributed by atoms with Crippen molar-refractivity contribution in [3.05, 3.63) is 29.8 Å². The first-order valence-corrected chi connectivity index (χ1v) is 11.4. The minimum Gasteiger partial charge on any atom is -0.346 e. The van der Waals surface area contributed by atoms with Crippen LogP contribution in [-0.4, -0.2) is 57.9 Å². The van der Waals surface area contributed by atoms with Gasteiger partial charge in [0, 0.05) is 18.7 Å². The van der Waals surface area contributed by atoms with Crippen LogP contribution in [0.25, 0.3) is 0 Å². The van der Waals surface area contributed by atoms with Crippen molar-refractivity contribution in [2.24, 2.45) is 11.8 Å². The number of carbonyl (C=O) groups is 1. The molecule has 0 aliphatic carbocycles. The molecule has 1 heterocycles. The molecule has 0 saturated carbocycles. The third-order valence-electron chi connectivity index (χ3n) is 5.35. The quantitative estimate of drug-likeness (QED) is 0.689. The Labute approximate surface area is 164 Å². The smallest absolute Gasteiger partial charge is 0.251 e. The highest BCUT2D eigenvalue weighted by atomic mass is 32.2. The monoisotopic (exact) mass is 396 g/mol. The molecule has 0 spiro atoms. The summed E-state index contributed by atoms with van der Waals surface area (Å²) >= 11 is 0. The van der Waals surface area contributed by atoms with Gasteiger partial charge < -0.3 is 10.2 Å². The van der Waals surface area contributed by atoms with Gasteiger partial charge in [-0.2, -0.15) is 4.31 Å². The number of benzene rings is 1. The Kier molecular flexibility index (Phi) is 7.82. The maximum absolute atomic E-state index is 12.9. The second-order valence-corrected chi connectivity index (χ2v) is 9.69. The van der Waals surface area contributed by atoms with E-state index >= 15 is 0 Å². The van der Waals surface area contributed by atoms with Crippen LogP contribution in [0.3, 0.4) is 0 Å². The highest BCUT2D eigenvalue weighted by Gasteiger charge is 2.31. The average Bonchev–Trinajstić information content (AvgIpc) is 2.64. The molecule has 1 saturated heterocycles. The Hall–Kier alpha value is -1.44. The summed E-state index contributed by atoms with van der Waals surface area (Å²) in [6.07, 6.45) is 1.06. The predicted octanol–water partition coefficient (Wildman–Crippen LogP) is 1.01. The summed E-state index contributed by atoms with van der Waals surface area (Å²) in [6, 6.07) is 6.29. The van der Waals surface area contributed by atoms with Crippen LogP contribution in [0.4, 0.5) is 0 Å². The molecular weight excluding hydrogens is 362 g/mol. The molecule has 1 aromatic carbocycles. The first kappa shape index (κ1) is 21.9. The second-order valence-electron chi connectivity index (χ2n) is 7.76. The number of sulfonamides is 1. The van der Waals surface area contributed by atoms with Crippen molar-refractivity contribution in [3.8, 4) is 0 Å². The number of rotatable bonds is 8. The SMILES string of the molecule is CC[NH+](CC)CCNC(=O)c1ccc(S(=O)(=O)N2C[C@H](C)C[C@@H](C)C2)cc1. The Morgan fingerprint density at radius 3 is 2.19 bits per heavy atom. The standard InChI is InChI=1S/C20H33N3O3S/c1-5-22(6-2)12-11-21-20(24)18-7-9-19(10-8-18)27(25,26)23-14-16(3)13-17(4)15-23/h7-10,16-17H,5-6,11-15H2,1-4H3,(H,21,24)/p+1/t16-,17-/m1/s1. The summed E-state index contributed by atoms with van der Waals surface area (Å²) < 4.78 is 27.4. The van der Waals surface area contributed by atoms with Gasteiger partial charge in [0.2, 0.25) is 10.0 Å². The average molecular weight is 397 g/mol. The van der Waals surface area contributed by atoms with Crippen LogP contribution in [0.5, 0.6) is 0 Å². The van der Waals surface area contributed by atoms with E-state index in [9.17, 15) is 13.2 Å². The van der Waals surface area contributed by atoms with E-state index in [1.54, 1.807) is 28.6 Å². The molecule has 2 rings (SSSR count). The van der Waals surface area contributed by atoms with E-state index in [1.807, 2.05) is 0 Å². The summed E-state index contributed by atoms with van der Waals surface area (Å²) in [5.74, 6) is 0.564. The third kappa shape index (κ3) is 5.77. The first-order valence-electron chi connectivity index (χ1n) is 9.99. The number of carbonyl (C=O) groups excluding carboxylic acids is 1. The van der Waals surface area contributed by atoms with Crippen LogP contribution < -0.4 is 10.2 Å². The minimum absolute atomic E-state index is 0.161. The molecule has 1 aromatic rings. The molecule has 0 aromatic heterocycles.